The number of aromatic nitrogens is 4. The van der Waals surface area contributed by atoms with E-state index in [4.69, 9.17) is 0 Å². The highest BCUT2D eigenvalue weighted by molar-refractivity contribution is 7.99. The van der Waals surface area contributed by atoms with E-state index in [1.807, 2.05) is 12.1 Å². The third kappa shape index (κ3) is 4.56. The fourth-order valence-corrected chi connectivity index (χ4v) is 4.28. The highest BCUT2D eigenvalue weighted by Crippen LogP contribution is 2.32. The summed E-state index contributed by atoms with van der Waals surface area (Å²) in [5, 5.41) is 12.7. The van der Waals surface area contributed by atoms with E-state index in [1.165, 1.54) is 35.7 Å². The number of carbonyl (C=O) groups excluding carboxylic acids is 1. The Bertz CT molecular complexity index is 991. The van der Waals surface area contributed by atoms with Crippen molar-refractivity contribution in [3.05, 3.63) is 53.9 Å². The lowest BCUT2D eigenvalue weighted by molar-refractivity contribution is -0.118. The maximum atomic E-state index is 12.3. The lowest BCUT2D eigenvalue weighted by atomic mass is 10.0. The fraction of sp³-hybridized carbons (Fsp3) is 0.391. The Morgan fingerprint density at radius 2 is 1.90 bits per heavy atom. The van der Waals surface area contributed by atoms with Gasteiger partial charge in [0.1, 0.15) is 0 Å². The molecule has 0 atom stereocenters. The van der Waals surface area contributed by atoms with Gasteiger partial charge in [-0.1, -0.05) is 43.8 Å². The number of benzene rings is 1. The van der Waals surface area contributed by atoms with Crippen LogP contribution < -0.4 is 5.32 Å². The van der Waals surface area contributed by atoms with Crippen molar-refractivity contribution in [3.63, 3.8) is 0 Å². The molecule has 2 heterocycles. The molecule has 2 aromatic heterocycles. The molecule has 0 radical (unpaired) electrons. The quantitative estimate of drug-likeness (QED) is 0.527. The molecule has 1 amide bonds. The third-order valence-electron chi connectivity index (χ3n) is 5.36. The van der Waals surface area contributed by atoms with Gasteiger partial charge in [-0.05, 0) is 54.9 Å². The van der Waals surface area contributed by atoms with Gasteiger partial charge in [-0.2, -0.15) is 0 Å². The van der Waals surface area contributed by atoms with E-state index in [1.54, 1.807) is 12.4 Å². The summed E-state index contributed by atoms with van der Waals surface area (Å²) in [6.45, 7) is 5.10. The highest BCUT2D eigenvalue weighted by atomic mass is 32.2. The van der Waals surface area contributed by atoms with E-state index in [2.05, 4.69) is 57.1 Å². The predicted octanol–water partition coefficient (Wildman–Crippen LogP) is 4.07. The summed E-state index contributed by atoms with van der Waals surface area (Å²) in [7, 11) is 0. The maximum Gasteiger partial charge on any atom is 0.230 e. The second-order valence-electron chi connectivity index (χ2n) is 7.55. The Hall–Kier alpha value is -2.67. The van der Waals surface area contributed by atoms with Gasteiger partial charge in [0.25, 0.3) is 0 Å². The first kappa shape index (κ1) is 20.6. The number of nitrogens with one attached hydrogen (secondary N) is 1. The van der Waals surface area contributed by atoms with Crippen LogP contribution in [0.5, 0.6) is 0 Å². The zero-order valence-electron chi connectivity index (χ0n) is 17.5. The minimum atomic E-state index is 0.0452. The molecule has 156 valence electrons. The monoisotopic (exact) mass is 421 g/mol. The number of nitrogens with zero attached hydrogens (tertiary/aromatic N) is 4. The van der Waals surface area contributed by atoms with Crippen LogP contribution in [0.1, 0.15) is 37.8 Å². The first-order valence-electron chi connectivity index (χ1n) is 10.6. The molecule has 1 aromatic carbocycles. The Balaban J connectivity index is 1.71. The van der Waals surface area contributed by atoms with Crippen molar-refractivity contribution in [2.75, 3.05) is 12.3 Å². The summed E-state index contributed by atoms with van der Waals surface area (Å²) in [4.78, 5) is 16.6. The van der Waals surface area contributed by atoms with Gasteiger partial charge in [-0.3, -0.25) is 14.3 Å². The van der Waals surface area contributed by atoms with Crippen molar-refractivity contribution < 1.29 is 4.79 Å². The molecule has 4 rings (SSSR count). The van der Waals surface area contributed by atoms with Crippen LogP contribution in [-0.4, -0.2) is 38.0 Å². The Kier molecular flexibility index (Phi) is 6.47. The van der Waals surface area contributed by atoms with Crippen LogP contribution in [0, 0.1) is 5.92 Å². The van der Waals surface area contributed by atoms with Crippen molar-refractivity contribution in [1.29, 1.82) is 0 Å². The molecule has 0 saturated heterocycles. The SMILES string of the molecule is CCc1cccc(CC)c1-n1c(SCC(=O)NCC2CC2)nnc1-c1cccnc1. The van der Waals surface area contributed by atoms with Gasteiger partial charge >= 0.3 is 0 Å². The number of amides is 1. The molecule has 0 bridgehead atoms. The molecular formula is C23H27N5OS. The zero-order chi connectivity index (χ0) is 20.9. The van der Waals surface area contributed by atoms with E-state index < -0.39 is 0 Å². The molecule has 1 N–H and O–H groups in total. The summed E-state index contributed by atoms with van der Waals surface area (Å²) < 4.78 is 2.10. The normalized spacial score (nSPS) is 13.4. The van der Waals surface area contributed by atoms with Crippen molar-refractivity contribution in [2.45, 2.75) is 44.7 Å². The number of para-hydroxylation sites is 1. The van der Waals surface area contributed by atoms with Gasteiger partial charge in [-0.25, -0.2) is 0 Å². The molecule has 0 spiro atoms. The maximum absolute atomic E-state index is 12.3. The number of hydrogen-bond donors (Lipinski definition) is 1. The van der Waals surface area contributed by atoms with Crippen LogP contribution >= 0.6 is 11.8 Å². The molecule has 1 aliphatic rings. The second kappa shape index (κ2) is 9.43. The minimum Gasteiger partial charge on any atom is -0.355 e. The van der Waals surface area contributed by atoms with Crippen molar-refractivity contribution in [1.82, 2.24) is 25.1 Å². The Morgan fingerprint density at radius 1 is 1.13 bits per heavy atom. The summed E-state index contributed by atoms with van der Waals surface area (Å²) in [5.74, 6) is 1.79. The van der Waals surface area contributed by atoms with E-state index in [0.717, 1.165) is 41.6 Å². The fourth-order valence-electron chi connectivity index (χ4n) is 3.51. The lowest BCUT2D eigenvalue weighted by Gasteiger charge is -2.17. The number of pyridine rings is 1. The molecule has 0 aliphatic heterocycles. The Morgan fingerprint density at radius 3 is 2.53 bits per heavy atom. The van der Waals surface area contributed by atoms with E-state index >= 15 is 0 Å². The molecule has 3 aromatic rings. The first-order chi connectivity index (χ1) is 14.7. The van der Waals surface area contributed by atoms with Gasteiger partial charge in [0.05, 0.1) is 11.4 Å². The molecule has 30 heavy (non-hydrogen) atoms. The van der Waals surface area contributed by atoms with Gasteiger partial charge < -0.3 is 5.32 Å². The van der Waals surface area contributed by atoms with Crippen LogP contribution in [0.15, 0.2) is 47.9 Å². The molecule has 0 unspecified atom stereocenters. The number of hydrogen-bond acceptors (Lipinski definition) is 5. The van der Waals surface area contributed by atoms with Crippen molar-refractivity contribution >= 4 is 17.7 Å². The molecular weight excluding hydrogens is 394 g/mol. The summed E-state index contributed by atoms with van der Waals surface area (Å²) >= 11 is 1.43. The van der Waals surface area contributed by atoms with Crippen LogP contribution in [0.3, 0.4) is 0 Å². The van der Waals surface area contributed by atoms with Crippen molar-refractivity contribution in [2.24, 2.45) is 5.92 Å². The van der Waals surface area contributed by atoms with Gasteiger partial charge in [0.2, 0.25) is 5.91 Å². The van der Waals surface area contributed by atoms with E-state index in [9.17, 15) is 4.79 Å². The van der Waals surface area contributed by atoms with Gasteiger partial charge in [-0.15, -0.1) is 10.2 Å². The predicted molar refractivity (Wildman–Crippen MR) is 120 cm³/mol. The average Bonchev–Trinajstić information content (AvgIpc) is 3.53. The first-order valence-corrected chi connectivity index (χ1v) is 11.6. The lowest BCUT2D eigenvalue weighted by Crippen LogP contribution is -2.27. The summed E-state index contributed by atoms with van der Waals surface area (Å²) in [5.41, 5.74) is 4.49. The van der Waals surface area contributed by atoms with Crippen LogP contribution in [0.4, 0.5) is 0 Å². The number of thioether (sulfide) groups is 1. The minimum absolute atomic E-state index is 0.0452. The molecule has 1 aliphatic carbocycles. The molecule has 1 fully saturated rings. The van der Waals surface area contributed by atoms with E-state index in [0.29, 0.717) is 11.7 Å². The molecule has 1 saturated carbocycles. The Labute approximate surface area is 181 Å². The summed E-state index contributed by atoms with van der Waals surface area (Å²) in [6.07, 6.45) is 7.81. The number of rotatable bonds is 9. The summed E-state index contributed by atoms with van der Waals surface area (Å²) in [6, 6.07) is 10.3. The third-order valence-corrected chi connectivity index (χ3v) is 6.29. The molecule has 6 nitrogen and oxygen atoms in total. The van der Waals surface area contributed by atoms with Gasteiger partial charge in [0, 0.05) is 24.5 Å². The average molecular weight is 422 g/mol. The van der Waals surface area contributed by atoms with Gasteiger partial charge in [0.15, 0.2) is 11.0 Å². The smallest absolute Gasteiger partial charge is 0.230 e. The number of carbonyl (C=O) groups is 1. The number of aryl methyl sites for hydroxylation is 2. The second-order valence-corrected chi connectivity index (χ2v) is 8.49. The topological polar surface area (TPSA) is 72.7 Å². The van der Waals surface area contributed by atoms with Crippen LogP contribution in [0.2, 0.25) is 0 Å². The van der Waals surface area contributed by atoms with Crippen molar-refractivity contribution in [3.8, 4) is 17.1 Å². The largest absolute Gasteiger partial charge is 0.355 e. The van der Waals surface area contributed by atoms with Crippen LogP contribution in [0.25, 0.3) is 17.1 Å². The zero-order valence-corrected chi connectivity index (χ0v) is 18.3. The molecule has 7 heteroatoms. The highest BCUT2D eigenvalue weighted by Gasteiger charge is 2.23. The standard InChI is InChI=1S/C23H27N5OS/c1-3-17-7-5-8-18(4-2)21(17)28-22(19-9-6-12-24-14-19)26-27-23(28)30-15-20(29)25-13-16-10-11-16/h5-9,12,14,16H,3-4,10-11,13,15H2,1-2H3,(H,25,29). The van der Waals surface area contributed by atoms with E-state index in [-0.39, 0.29) is 5.91 Å². The van der Waals surface area contributed by atoms with Crippen LogP contribution in [-0.2, 0) is 17.6 Å².